The first-order chi connectivity index (χ1) is 13.2. The molecule has 2 aromatic carbocycles. The monoisotopic (exact) mass is 366 g/mol. The van der Waals surface area contributed by atoms with E-state index >= 15 is 0 Å². The number of anilines is 1. The van der Waals surface area contributed by atoms with Crippen LogP contribution in [0.3, 0.4) is 0 Å². The Morgan fingerprint density at radius 3 is 2.96 bits per heavy atom. The average molecular weight is 366 g/mol. The fourth-order valence-electron chi connectivity index (χ4n) is 4.05. The lowest BCUT2D eigenvalue weighted by molar-refractivity contribution is -0.116. The molecule has 0 aliphatic carbocycles. The standard InChI is InChI=1S/C22H26N2O3/c1-26-18-5-2-4-17(15-18)21-6-3-11-24(21)12-13-27-19-8-9-20-16(14-19)7-10-22(25)23-20/h2,4-5,8-9,14-15,21H,3,6-7,10-13H2,1H3,(H,23,25). The molecule has 2 aliphatic heterocycles. The molecule has 1 amide bonds. The van der Waals surface area contributed by atoms with Gasteiger partial charge in [0.25, 0.3) is 0 Å². The van der Waals surface area contributed by atoms with Crippen molar-refractivity contribution in [1.82, 2.24) is 4.90 Å². The number of carbonyl (C=O) groups excluding carboxylic acids is 1. The number of nitrogens with one attached hydrogen (secondary N) is 1. The van der Waals surface area contributed by atoms with Crippen LogP contribution in [-0.4, -0.2) is 37.6 Å². The summed E-state index contributed by atoms with van der Waals surface area (Å²) in [5, 5.41) is 2.91. The Bertz CT molecular complexity index is 821. The molecule has 1 atom stereocenters. The van der Waals surface area contributed by atoms with Crippen molar-refractivity contribution in [2.45, 2.75) is 31.7 Å². The van der Waals surface area contributed by atoms with Crippen LogP contribution in [0.5, 0.6) is 11.5 Å². The highest BCUT2D eigenvalue weighted by atomic mass is 16.5. The van der Waals surface area contributed by atoms with Gasteiger partial charge < -0.3 is 14.8 Å². The Kier molecular flexibility index (Phi) is 5.30. The van der Waals surface area contributed by atoms with E-state index in [0.717, 1.165) is 42.3 Å². The Labute approximate surface area is 160 Å². The predicted octanol–water partition coefficient (Wildman–Crippen LogP) is 3.80. The summed E-state index contributed by atoms with van der Waals surface area (Å²) in [7, 11) is 1.71. The highest BCUT2D eigenvalue weighted by Crippen LogP contribution is 2.33. The van der Waals surface area contributed by atoms with E-state index in [0.29, 0.717) is 19.1 Å². The van der Waals surface area contributed by atoms with Gasteiger partial charge in [-0.25, -0.2) is 0 Å². The molecule has 0 spiro atoms. The van der Waals surface area contributed by atoms with Crippen LogP contribution in [0.1, 0.15) is 36.4 Å². The molecule has 2 aromatic rings. The molecule has 1 saturated heterocycles. The summed E-state index contributed by atoms with van der Waals surface area (Å²) in [6, 6.07) is 14.7. The number of hydrogen-bond donors (Lipinski definition) is 1. The largest absolute Gasteiger partial charge is 0.497 e. The van der Waals surface area contributed by atoms with Crippen LogP contribution in [0.2, 0.25) is 0 Å². The molecular formula is C22H26N2O3. The molecule has 27 heavy (non-hydrogen) atoms. The lowest BCUT2D eigenvalue weighted by atomic mass is 10.0. The van der Waals surface area contributed by atoms with Crippen molar-refractivity contribution in [2.75, 3.05) is 32.1 Å². The highest BCUT2D eigenvalue weighted by molar-refractivity contribution is 5.93. The average Bonchev–Trinajstić information content (AvgIpc) is 3.16. The Morgan fingerprint density at radius 1 is 1.15 bits per heavy atom. The Morgan fingerprint density at radius 2 is 2.07 bits per heavy atom. The molecule has 0 radical (unpaired) electrons. The highest BCUT2D eigenvalue weighted by Gasteiger charge is 2.26. The first kappa shape index (κ1) is 17.9. The maximum Gasteiger partial charge on any atom is 0.224 e. The summed E-state index contributed by atoms with van der Waals surface area (Å²) in [5.41, 5.74) is 3.38. The van der Waals surface area contributed by atoms with Crippen LogP contribution in [0.4, 0.5) is 5.69 Å². The number of hydrogen-bond acceptors (Lipinski definition) is 4. The van der Waals surface area contributed by atoms with E-state index in [9.17, 15) is 4.79 Å². The van der Waals surface area contributed by atoms with Gasteiger partial charge in [-0.15, -0.1) is 0 Å². The van der Waals surface area contributed by atoms with Crippen molar-refractivity contribution in [1.29, 1.82) is 0 Å². The molecule has 1 unspecified atom stereocenters. The summed E-state index contributed by atoms with van der Waals surface area (Å²) in [6.45, 7) is 2.66. The maximum absolute atomic E-state index is 11.5. The third-order valence-electron chi connectivity index (χ3n) is 5.46. The smallest absolute Gasteiger partial charge is 0.224 e. The van der Waals surface area contributed by atoms with Gasteiger partial charge in [-0.3, -0.25) is 9.69 Å². The summed E-state index contributed by atoms with van der Waals surface area (Å²) < 4.78 is 11.4. The van der Waals surface area contributed by atoms with Gasteiger partial charge in [0.1, 0.15) is 18.1 Å². The van der Waals surface area contributed by atoms with Crippen molar-refractivity contribution in [3.05, 3.63) is 53.6 Å². The first-order valence-electron chi connectivity index (χ1n) is 9.66. The molecule has 1 fully saturated rings. The number of amides is 1. The second-order valence-corrected chi connectivity index (χ2v) is 7.19. The van der Waals surface area contributed by atoms with Gasteiger partial charge >= 0.3 is 0 Å². The molecule has 0 bridgehead atoms. The minimum absolute atomic E-state index is 0.0915. The zero-order valence-electron chi connectivity index (χ0n) is 15.7. The van der Waals surface area contributed by atoms with Crippen molar-refractivity contribution >= 4 is 11.6 Å². The van der Waals surface area contributed by atoms with Gasteiger partial charge in [0.15, 0.2) is 0 Å². The molecule has 2 heterocycles. The summed E-state index contributed by atoms with van der Waals surface area (Å²) >= 11 is 0. The van der Waals surface area contributed by atoms with Crippen molar-refractivity contribution in [2.24, 2.45) is 0 Å². The number of aryl methyl sites for hydroxylation is 1. The lowest BCUT2D eigenvalue weighted by Crippen LogP contribution is -2.28. The number of carbonyl (C=O) groups is 1. The molecule has 5 heteroatoms. The molecule has 0 aromatic heterocycles. The number of fused-ring (bicyclic) bond motifs is 1. The van der Waals surface area contributed by atoms with Crippen LogP contribution in [-0.2, 0) is 11.2 Å². The van der Waals surface area contributed by atoms with Gasteiger partial charge in [0, 0.05) is 24.7 Å². The summed E-state index contributed by atoms with van der Waals surface area (Å²) in [6.07, 6.45) is 3.71. The molecule has 1 N–H and O–H groups in total. The molecule has 4 rings (SSSR count). The predicted molar refractivity (Wildman–Crippen MR) is 105 cm³/mol. The van der Waals surface area contributed by atoms with E-state index in [1.165, 1.54) is 18.4 Å². The van der Waals surface area contributed by atoms with Gasteiger partial charge in [0.05, 0.1) is 7.11 Å². The zero-order valence-corrected chi connectivity index (χ0v) is 15.7. The Balaban J connectivity index is 1.35. The molecular weight excluding hydrogens is 340 g/mol. The van der Waals surface area contributed by atoms with E-state index in [4.69, 9.17) is 9.47 Å². The van der Waals surface area contributed by atoms with Crippen LogP contribution in [0, 0.1) is 0 Å². The topological polar surface area (TPSA) is 50.8 Å². The number of nitrogens with zero attached hydrogens (tertiary/aromatic N) is 1. The third kappa shape index (κ3) is 4.08. The fourth-order valence-corrected chi connectivity index (χ4v) is 4.05. The van der Waals surface area contributed by atoms with E-state index in [1.54, 1.807) is 7.11 Å². The summed E-state index contributed by atoms with van der Waals surface area (Å²) in [4.78, 5) is 14.0. The van der Waals surface area contributed by atoms with Gasteiger partial charge in [-0.2, -0.15) is 0 Å². The third-order valence-corrected chi connectivity index (χ3v) is 5.46. The van der Waals surface area contributed by atoms with E-state index in [1.807, 2.05) is 18.2 Å². The quantitative estimate of drug-likeness (QED) is 0.845. The summed E-state index contributed by atoms with van der Waals surface area (Å²) in [5.74, 6) is 1.88. The van der Waals surface area contributed by atoms with Gasteiger partial charge in [-0.1, -0.05) is 12.1 Å². The minimum Gasteiger partial charge on any atom is -0.497 e. The first-order valence-corrected chi connectivity index (χ1v) is 9.66. The van der Waals surface area contributed by atoms with Crippen LogP contribution < -0.4 is 14.8 Å². The van der Waals surface area contributed by atoms with Gasteiger partial charge in [0.2, 0.25) is 5.91 Å². The van der Waals surface area contributed by atoms with Crippen LogP contribution in [0.25, 0.3) is 0 Å². The number of ether oxygens (including phenoxy) is 2. The number of methoxy groups -OCH3 is 1. The molecule has 2 aliphatic rings. The van der Waals surface area contributed by atoms with Crippen LogP contribution in [0.15, 0.2) is 42.5 Å². The van der Waals surface area contributed by atoms with Crippen molar-refractivity contribution < 1.29 is 14.3 Å². The molecule has 5 nitrogen and oxygen atoms in total. The number of benzene rings is 2. The Hall–Kier alpha value is -2.53. The van der Waals surface area contributed by atoms with E-state index in [2.05, 4.69) is 34.5 Å². The SMILES string of the molecule is COc1cccc(C2CCCN2CCOc2ccc3c(c2)CCC(=O)N3)c1. The maximum atomic E-state index is 11.5. The molecule has 142 valence electrons. The number of likely N-dealkylation sites (tertiary alicyclic amines) is 1. The van der Waals surface area contributed by atoms with Crippen LogP contribution >= 0.6 is 0 Å². The van der Waals surface area contributed by atoms with E-state index < -0.39 is 0 Å². The second-order valence-electron chi connectivity index (χ2n) is 7.19. The lowest BCUT2D eigenvalue weighted by Gasteiger charge is -2.25. The van der Waals surface area contributed by atoms with Crippen molar-refractivity contribution in [3.63, 3.8) is 0 Å². The second kappa shape index (κ2) is 8.01. The molecule has 0 saturated carbocycles. The number of rotatable bonds is 6. The zero-order chi connectivity index (χ0) is 18.6. The normalized spacial score (nSPS) is 19.4. The minimum atomic E-state index is 0.0915. The van der Waals surface area contributed by atoms with Gasteiger partial charge in [-0.05, 0) is 67.3 Å². The van der Waals surface area contributed by atoms with Crippen molar-refractivity contribution in [3.8, 4) is 11.5 Å². The fraction of sp³-hybridized carbons (Fsp3) is 0.409. The van der Waals surface area contributed by atoms with E-state index in [-0.39, 0.29) is 5.91 Å².